The van der Waals surface area contributed by atoms with Crippen molar-refractivity contribution in [3.63, 3.8) is 0 Å². The van der Waals surface area contributed by atoms with Crippen LogP contribution in [0.2, 0.25) is 0 Å². The van der Waals surface area contributed by atoms with Gasteiger partial charge in [-0.1, -0.05) is 6.07 Å². The van der Waals surface area contributed by atoms with Crippen LogP contribution in [0.15, 0.2) is 22.5 Å². The normalized spacial score (nSPS) is 17.2. The number of rotatable bonds is 7. The van der Waals surface area contributed by atoms with E-state index in [2.05, 4.69) is 50.0 Å². The number of halogens is 1. The summed E-state index contributed by atoms with van der Waals surface area (Å²) >= 11 is 1.81. The van der Waals surface area contributed by atoms with Gasteiger partial charge in [0.1, 0.15) is 0 Å². The molecule has 1 fully saturated rings. The molecule has 0 amide bonds. The molecule has 0 atom stereocenters. The molecule has 0 radical (unpaired) electrons. The largest absolute Gasteiger partial charge is 0.356 e. The molecule has 5 nitrogen and oxygen atoms in total. The number of nitrogens with one attached hydrogen (secondary N) is 2. The van der Waals surface area contributed by atoms with Crippen molar-refractivity contribution in [1.29, 1.82) is 0 Å². The third-order valence-corrected chi connectivity index (χ3v) is 5.16. The summed E-state index contributed by atoms with van der Waals surface area (Å²) in [7, 11) is 4.06. The molecule has 24 heavy (non-hydrogen) atoms. The molecule has 1 aliphatic rings. The maximum Gasteiger partial charge on any atom is 0.190 e. The van der Waals surface area contributed by atoms with E-state index < -0.39 is 0 Å². The Labute approximate surface area is 167 Å². The van der Waals surface area contributed by atoms with Gasteiger partial charge in [-0.3, -0.25) is 4.99 Å². The lowest BCUT2D eigenvalue weighted by Crippen LogP contribution is -2.39. The Morgan fingerprint density at radius 2 is 2.04 bits per heavy atom. The Bertz CT molecular complexity index is 452. The van der Waals surface area contributed by atoms with Gasteiger partial charge in [0.05, 0.1) is 0 Å². The fraction of sp³-hybridized carbons (Fsp3) is 0.706. The van der Waals surface area contributed by atoms with E-state index in [1.54, 1.807) is 0 Å². The standard InChI is InChI=1S/C17H31N5S.HI/c1-18-17(20-9-7-16-6-3-15-23-16)19-8-4-11-22-12-5-10-21(2)13-14-22;/h3,6,15H,4-5,7-14H2,1-2H3,(H2,18,19,20);1H. The average molecular weight is 465 g/mol. The summed E-state index contributed by atoms with van der Waals surface area (Å²) in [5, 5.41) is 8.93. The zero-order chi connectivity index (χ0) is 16.3. The molecule has 0 spiro atoms. The molecule has 1 aromatic heterocycles. The average Bonchev–Trinajstić information content (AvgIpc) is 2.99. The molecule has 0 aromatic carbocycles. The third-order valence-electron chi connectivity index (χ3n) is 4.22. The molecule has 1 saturated heterocycles. The lowest BCUT2D eigenvalue weighted by atomic mass is 10.3. The molecule has 2 heterocycles. The summed E-state index contributed by atoms with van der Waals surface area (Å²) in [4.78, 5) is 10.7. The first-order valence-corrected chi connectivity index (χ1v) is 9.53. The van der Waals surface area contributed by atoms with Crippen molar-refractivity contribution in [2.24, 2.45) is 4.99 Å². The number of thiophene rings is 1. The second kappa shape index (κ2) is 12.9. The van der Waals surface area contributed by atoms with Crippen LogP contribution in [-0.4, -0.2) is 75.7 Å². The number of nitrogens with zero attached hydrogens (tertiary/aromatic N) is 3. The second-order valence-electron chi connectivity index (χ2n) is 6.11. The maximum absolute atomic E-state index is 4.29. The van der Waals surface area contributed by atoms with E-state index in [0.29, 0.717) is 0 Å². The van der Waals surface area contributed by atoms with Gasteiger partial charge in [0.15, 0.2) is 5.96 Å². The minimum absolute atomic E-state index is 0. The van der Waals surface area contributed by atoms with Crippen LogP contribution in [0, 0.1) is 0 Å². The van der Waals surface area contributed by atoms with Crippen molar-refractivity contribution in [3.8, 4) is 0 Å². The molecule has 2 N–H and O–H groups in total. The van der Waals surface area contributed by atoms with E-state index in [9.17, 15) is 0 Å². The van der Waals surface area contributed by atoms with Gasteiger partial charge in [-0.15, -0.1) is 35.3 Å². The molecule has 1 aliphatic heterocycles. The number of likely N-dealkylation sites (N-methyl/N-ethyl adjacent to an activating group) is 1. The highest BCUT2D eigenvalue weighted by atomic mass is 127. The summed E-state index contributed by atoms with van der Waals surface area (Å²) in [6, 6.07) is 4.29. The summed E-state index contributed by atoms with van der Waals surface area (Å²) in [6.45, 7) is 7.94. The van der Waals surface area contributed by atoms with Crippen molar-refractivity contribution in [2.45, 2.75) is 19.3 Å². The third kappa shape index (κ3) is 8.64. The van der Waals surface area contributed by atoms with Gasteiger partial charge in [0.25, 0.3) is 0 Å². The summed E-state index contributed by atoms with van der Waals surface area (Å²) in [5.41, 5.74) is 0. The summed E-state index contributed by atoms with van der Waals surface area (Å²) in [6.07, 6.45) is 3.50. The molecular weight excluding hydrogens is 433 g/mol. The lowest BCUT2D eigenvalue weighted by molar-refractivity contribution is 0.274. The number of hydrogen-bond acceptors (Lipinski definition) is 4. The molecule has 0 saturated carbocycles. The van der Waals surface area contributed by atoms with Gasteiger partial charge in [-0.05, 0) is 57.4 Å². The van der Waals surface area contributed by atoms with Crippen LogP contribution in [-0.2, 0) is 6.42 Å². The lowest BCUT2D eigenvalue weighted by Gasteiger charge is -2.20. The fourth-order valence-corrected chi connectivity index (χ4v) is 3.52. The monoisotopic (exact) mass is 465 g/mol. The Morgan fingerprint density at radius 1 is 1.21 bits per heavy atom. The molecular formula is C17H32IN5S. The Balaban J connectivity index is 0.00000288. The minimum atomic E-state index is 0. The van der Waals surface area contributed by atoms with Crippen LogP contribution in [0.25, 0.3) is 0 Å². The van der Waals surface area contributed by atoms with Crippen molar-refractivity contribution >= 4 is 41.3 Å². The maximum atomic E-state index is 4.29. The molecule has 2 rings (SSSR count). The first kappa shape index (κ1) is 21.7. The van der Waals surface area contributed by atoms with Crippen molar-refractivity contribution in [3.05, 3.63) is 22.4 Å². The molecule has 138 valence electrons. The SMILES string of the molecule is CN=C(NCCCN1CCCN(C)CC1)NCCc1cccs1.I. The first-order valence-electron chi connectivity index (χ1n) is 8.66. The molecule has 0 aliphatic carbocycles. The number of hydrogen-bond donors (Lipinski definition) is 2. The van der Waals surface area contributed by atoms with Crippen LogP contribution < -0.4 is 10.6 Å². The Hall–Kier alpha value is -0.380. The summed E-state index contributed by atoms with van der Waals surface area (Å²) in [5.74, 6) is 0.914. The molecule has 0 bridgehead atoms. The van der Waals surface area contributed by atoms with E-state index in [1.165, 1.54) is 44.0 Å². The van der Waals surface area contributed by atoms with Gasteiger partial charge < -0.3 is 20.4 Å². The molecule has 1 aromatic rings. The van der Waals surface area contributed by atoms with Crippen molar-refractivity contribution < 1.29 is 0 Å². The van der Waals surface area contributed by atoms with E-state index in [1.807, 2.05) is 18.4 Å². The van der Waals surface area contributed by atoms with E-state index in [-0.39, 0.29) is 24.0 Å². The smallest absolute Gasteiger partial charge is 0.190 e. The molecule has 0 unspecified atom stereocenters. The zero-order valence-electron chi connectivity index (χ0n) is 15.0. The second-order valence-corrected chi connectivity index (χ2v) is 7.14. The van der Waals surface area contributed by atoms with Crippen LogP contribution >= 0.6 is 35.3 Å². The first-order chi connectivity index (χ1) is 11.3. The van der Waals surface area contributed by atoms with Gasteiger partial charge in [-0.2, -0.15) is 0 Å². The van der Waals surface area contributed by atoms with Crippen molar-refractivity contribution in [2.75, 3.05) is 59.9 Å². The fourth-order valence-electron chi connectivity index (χ4n) is 2.81. The number of guanidine groups is 1. The highest BCUT2D eigenvalue weighted by Crippen LogP contribution is 2.08. The minimum Gasteiger partial charge on any atom is -0.356 e. The van der Waals surface area contributed by atoms with Gasteiger partial charge >= 0.3 is 0 Å². The van der Waals surface area contributed by atoms with Crippen molar-refractivity contribution in [1.82, 2.24) is 20.4 Å². The van der Waals surface area contributed by atoms with E-state index >= 15 is 0 Å². The summed E-state index contributed by atoms with van der Waals surface area (Å²) < 4.78 is 0. The Morgan fingerprint density at radius 3 is 2.79 bits per heavy atom. The zero-order valence-corrected chi connectivity index (χ0v) is 18.1. The van der Waals surface area contributed by atoms with Gasteiger partial charge in [0.2, 0.25) is 0 Å². The topological polar surface area (TPSA) is 42.9 Å². The Kier molecular flexibility index (Phi) is 11.7. The number of aliphatic imine (C=N–C) groups is 1. The quantitative estimate of drug-likeness (QED) is 0.280. The highest BCUT2D eigenvalue weighted by Gasteiger charge is 2.11. The van der Waals surface area contributed by atoms with Crippen LogP contribution in [0.4, 0.5) is 0 Å². The van der Waals surface area contributed by atoms with Crippen LogP contribution in [0.5, 0.6) is 0 Å². The van der Waals surface area contributed by atoms with Gasteiger partial charge in [-0.25, -0.2) is 0 Å². The molecule has 7 heteroatoms. The van der Waals surface area contributed by atoms with Gasteiger partial charge in [0, 0.05) is 38.1 Å². The van der Waals surface area contributed by atoms with E-state index in [4.69, 9.17) is 0 Å². The van der Waals surface area contributed by atoms with Crippen LogP contribution in [0.1, 0.15) is 17.7 Å². The van der Waals surface area contributed by atoms with Crippen LogP contribution in [0.3, 0.4) is 0 Å². The predicted octanol–water partition coefficient (Wildman–Crippen LogP) is 2.10. The van der Waals surface area contributed by atoms with E-state index in [0.717, 1.165) is 31.9 Å². The predicted molar refractivity (Wildman–Crippen MR) is 116 cm³/mol. The highest BCUT2D eigenvalue weighted by molar-refractivity contribution is 14.0.